The first-order valence-corrected chi connectivity index (χ1v) is 6.54. The summed E-state index contributed by atoms with van der Waals surface area (Å²) in [6, 6.07) is 7.36. The van der Waals surface area contributed by atoms with Gasteiger partial charge in [0.15, 0.2) is 0 Å². The van der Waals surface area contributed by atoms with Crippen LogP contribution in [0.1, 0.15) is 5.69 Å². The molecule has 0 N–H and O–H groups in total. The topological polar surface area (TPSA) is 17.8 Å². The Labute approximate surface area is 112 Å². The van der Waals surface area contributed by atoms with Crippen molar-refractivity contribution in [3.05, 3.63) is 40.0 Å². The minimum atomic E-state index is 0.656. The minimum Gasteiger partial charge on any atom is -0.271 e. The van der Waals surface area contributed by atoms with Gasteiger partial charge in [0, 0.05) is 28.7 Å². The summed E-state index contributed by atoms with van der Waals surface area (Å²) in [7, 11) is 1.90. The van der Waals surface area contributed by atoms with Crippen LogP contribution >= 0.6 is 39.1 Å². The number of halogens is 3. The van der Waals surface area contributed by atoms with Crippen molar-refractivity contribution in [2.45, 2.75) is 5.33 Å². The lowest BCUT2D eigenvalue weighted by molar-refractivity contribution is 0.740. The zero-order valence-corrected chi connectivity index (χ0v) is 11.6. The number of benzene rings is 1. The van der Waals surface area contributed by atoms with Crippen LogP contribution in [-0.4, -0.2) is 9.78 Å². The monoisotopic (exact) mass is 318 g/mol. The zero-order valence-electron chi connectivity index (χ0n) is 8.54. The molecule has 0 amide bonds. The van der Waals surface area contributed by atoms with E-state index in [0.29, 0.717) is 10.0 Å². The highest BCUT2D eigenvalue weighted by atomic mass is 79.9. The number of aryl methyl sites for hydroxylation is 1. The predicted octanol–water partition coefficient (Wildman–Crippen LogP) is 4.29. The van der Waals surface area contributed by atoms with E-state index in [2.05, 4.69) is 21.0 Å². The van der Waals surface area contributed by atoms with Gasteiger partial charge >= 0.3 is 0 Å². The normalized spacial score (nSPS) is 10.8. The smallest absolute Gasteiger partial charge is 0.0941 e. The predicted molar refractivity (Wildman–Crippen MR) is 71.3 cm³/mol. The Balaban J connectivity index is 2.53. The van der Waals surface area contributed by atoms with Gasteiger partial charge < -0.3 is 0 Å². The van der Waals surface area contributed by atoms with Crippen molar-refractivity contribution in [3.8, 4) is 11.3 Å². The lowest BCUT2D eigenvalue weighted by Gasteiger charge is -2.00. The number of hydrogen-bond acceptors (Lipinski definition) is 1. The molecule has 1 aromatic heterocycles. The number of hydrogen-bond donors (Lipinski definition) is 0. The van der Waals surface area contributed by atoms with E-state index in [1.165, 1.54) is 0 Å². The van der Waals surface area contributed by atoms with Crippen molar-refractivity contribution >= 4 is 39.1 Å². The highest BCUT2D eigenvalue weighted by Crippen LogP contribution is 2.30. The quantitative estimate of drug-likeness (QED) is 0.755. The molecule has 1 aromatic carbocycles. The third-order valence-corrected chi connectivity index (χ3v) is 3.46. The first-order valence-electron chi connectivity index (χ1n) is 4.66. The maximum Gasteiger partial charge on any atom is 0.0941 e. The number of rotatable bonds is 2. The molecule has 0 spiro atoms. The van der Waals surface area contributed by atoms with E-state index in [-0.39, 0.29) is 0 Å². The van der Waals surface area contributed by atoms with Crippen molar-refractivity contribution in [1.82, 2.24) is 9.78 Å². The van der Waals surface area contributed by atoms with Gasteiger partial charge in [-0.1, -0.05) is 39.1 Å². The summed E-state index contributed by atoms with van der Waals surface area (Å²) in [6.45, 7) is 0. The molecule has 0 aliphatic rings. The Morgan fingerprint density at radius 2 is 2.06 bits per heavy atom. The van der Waals surface area contributed by atoms with Crippen molar-refractivity contribution in [2.24, 2.45) is 7.05 Å². The van der Waals surface area contributed by atoms with Crippen LogP contribution in [0.2, 0.25) is 10.0 Å². The minimum absolute atomic E-state index is 0.656. The zero-order chi connectivity index (χ0) is 11.7. The summed E-state index contributed by atoms with van der Waals surface area (Å²) in [5, 5.41) is 6.47. The summed E-state index contributed by atoms with van der Waals surface area (Å²) >= 11 is 15.5. The molecule has 2 aromatic rings. The second-order valence-corrected chi connectivity index (χ2v) is 4.81. The van der Waals surface area contributed by atoms with E-state index >= 15 is 0 Å². The summed E-state index contributed by atoms with van der Waals surface area (Å²) in [6.07, 6.45) is 0. The van der Waals surface area contributed by atoms with Crippen molar-refractivity contribution in [2.75, 3.05) is 0 Å². The fraction of sp³-hybridized carbons (Fsp3) is 0.182. The van der Waals surface area contributed by atoms with Gasteiger partial charge in [-0.2, -0.15) is 5.10 Å². The fourth-order valence-electron chi connectivity index (χ4n) is 1.46. The second-order valence-electron chi connectivity index (χ2n) is 3.40. The molecule has 0 atom stereocenters. The lowest BCUT2D eigenvalue weighted by Crippen LogP contribution is -1.94. The molecule has 5 heteroatoms. The fourth-order valence-corrected chi connectivity index (χ4v) is 2.37. The molecule has 1 heterocycles. The molecule has 0 unspecified atom stereocenters. The average Bonchev–Trinajstić information content (AvgIpc) is 2.63. The van der Waals surface area contributed by atoms with Crippen molar-refractivity contribution in [1.29, 1.82) is 0 Å². The van der Waals surface area contributed by atoms with Crippen LogP contribution in [0.25, 0.3) is 11.3 Å². The summed E-state index contributed by atoms with van der Waals surface area (Å²) in [4.78, 5) is 0. The Bertz CT molecular complexity index is 523. The van der Waals surface area contributed by atoms with E-state index in [9.17, 15) is 0 Å². The SMILES string of the molecule is Cn1nc(-c2cc(Cl)ccc2Cl)cc1CBr. The summed E-state index contributed by atoms with van der Waals surface area (Å²) < 4.78 is 1.82. The lowest BCUT2D eigenvalue weighted by atomic mass is 10.1. The number of aromatic nitrogens is 2. The van der Waals surface area contributed by atoms with Gasteiger partial charge in [-0.25, -0.2) is 0 Å². The van der Waals surface area contributed by atoms with Gasteiger partial charge in [0.25, 0.3) is 0 Å². The average molecular weight is 320 g/mol. The Hall–Kier alpha value is -0.510. The molecule has 84 valence electrons. The maximum absolute atomic E-state index is 6.12. The van der Waals surface area contributed by atoms with E-state index in [1.54, 1.807) is 12.1 Å². The molecule has 0 radical (unpaired) electrons. The molecule has 0 aliphatic heterocycles. The maximum atomic E-state index is 6.12. The standard InChI is InChI=1S/C11H9BrCl2N2/c1-16-8(6-12)5-11(15-16)9-4-7(13)2-3-10(9)14/h2-5H,6H2,1H3. The Kier molecular flexibility index (Phi) is 3.57. The van der Waals surface area contributed by atoms with Crippen LogP contribution in [0.5, 0.6) is 0 Å². The van der Waals surface area contributed by atoms with Gasteiger partial charge in [0.2, 0.25) is 0 Å². The highest BCUT2D eigenvalue weighted by molar-refractivity contribution is 9.08. The first-order chi connectivity index (χ1) is 7.61. The third kappa shape index (κ3) is 2.26. The first kappa shape index (κ1) is 12.0. The Morgan fingerprint density at radius 3 is 2.69 bits per heavy atom. The summed E-state index contributed by atoms with van der Waals surface area (Å²) in [5.74, 6) is 0. The van der Waals surface area contributed by atoms with Crippen LogP contribution in [0, 0.1) is 0 Å². The van der Waals surface area contributed by atoms with Gasteiger partial charge in [-0.15, -0.1) is 0 Å². The van der Waals surface area contributed by atoms with E-state index in [1.807, 2.05) is 23.9 Å². The molecular weight excluding hydrogens is 311 g/mol. The molecule has 0 fully saturated rings. The third-order valence-electron chi connectivity index (χ3n) is 2.32. The van der Waals surface area contributed by atoms with Gasteiger partial charge in [0.05, 0.1) is 10.7 Å². The van der Waals surface area contributed by atoms with Crippen LogP contribution in [-0.2, 0) is 12.4 Å². The van der Waals surface area contributed by atoms with Crippen LogP contribution in [0.4, 0.5) is 0 Å². The van der Waals surface area contributed by atoms with Crippen molar-refractivity contribution < 1.29 is 0 Å². The molecule has 0 aliphatic carbocycles. The largest absolute Gasteiger partial charge is 0.271 e. The molecule has 2 rings (SSSR count). The van der Waals surface area contributed by atoms with E-state index in [4.69, 9.17) is 23.2 Å². The van der Waals surface area contributed by atoms with Gasteiger partial charge in [-0.05, 0) is 24.3 Å². The molecule has 0 saturated carbocycles. The van der Waals surface area contributed by atoms with E-state index in [0.717, 1.165) is 22.3 Å². The van der Waals surface area contributed by atoms with Gasteiger partial charge in [-0.3, -0.25) is 4.68 Å². The van der Waals surface area contributed by atoms with Crippen LogP contribution in [0.3, 0.4) is 0 Å². The van der Waals surface area contributed by atoms with Crippen LogP contribution < -0.4 is 0 Å². The number of nitrogens with zero attached hydrogens (tertiary/aromatic N) is 2. The highest BCUT2D eigenvalue weighted by Gasteiger charge is 2.10. The van der Waals surface area contributed by atoms with Crippen molar-refractivity contribution in [3.63, 3.8) is 0 Å². The van der Waals surface area contributed by atoms with Crippen LogP contribution in [0.15, 0.2) is 24.3 Å². The molecule has 16 heavy (non-hydrogen) atoms. The second kappa shape index (κ2) is 4.78. The summed E-state index contributed by atoms with van der Waals surface area (Å²) in [5.41, 5.74) is 2.78. The molecular formula is C11H9BrCl2N2. The van der Waals surface area contributed by atoms with Gasteiger partial charge in [0.1, 0.15) is 0 Å². The van der Waals surface area contributed by atoms with E-state index < -0.39 is 0 Å². The number of alkyl halides is 1. The molecule has 0 saturated heterocycles. The molecule has 2 nitrogen and oxygen atoms in total. The molecule has 0 bridgehead atoms. The Morgan fingerprint density at radius 1 is 1.31 bits per heavy atom.